The summed E-state index contributed by atoms with van der Waals surface area (Å²) < 4.78 is 1.60. The van der Waals surface area contributed by atoms with Crippen LogP contribution in [0, 0.1) is 29.4 Å². The predicted molar refractivity (Wildman–Crippen MR) is 70.4 cm³/mol. The molecule has 0 fully saturated rings. The van der Waals surface area contributed by atoms with Gasteiger partial charge in [0.2, 0.25) is 5.82 Å². The number of terminal acetylenes is 1. The Morgan fingerprint density at radius 3 is 2.72 bits per heavy atom. The molecule has 1 aromatic rings. The molecule has 1 unspecified atom stereocenters. The molecule has 1 aromatic heterocycles. The molecular formula is C12H18N4O2. The van der Waals surface area contributed by atoms with Crippen LogP contribution in [0.5, 0.6) is 0 Å². The fourth-order valence-corrected chi connectivity index (χ4v) is 1.80. The van der Waals surface area contributed by atoms with Crippen molar-refractivity contribution in [2.45, 2.75) is 46.2 Å². The molecule has 0 aliphatic heterocycles. The summed E-state index contributed by atoms with van der Waals surface area (Å²) in [4.78, 5) is 10.7. The standard InChI is InChI=1S/C12H18N4O2/c1-5-8-10(6-2)13-12-11(16(17)18)9(4)14-15(12)7-3/h1,10,13H,6-8H2,2-4H3. The Balaban J connectivity index is 3.13. The molecule has 0 radical (unpaired) electrons. The van der Waals surface area contributed by atoms with E-state index in [0.29, 0.717) is 24.5 Å². The quantitative estimate of drug-likeness (QED) is 0.478. The van der Waals surface area contributed by atoms with Gasteiger partial charge in [-0.15, -0.1) is 12.3 Å². The number of rotatable bonds is 6. The maximum absolute atomic E-state index is 11.1. The molecule has 1 N–H and O–H groups in total. The minimum absolute atomic E-state index is 0.0232. The Labute approximate surface area is 107 Å². The lowest BCUT2D eigenvalue weighted by molar-refractivity contribution is -0.384. The van der Waals surface area contributed by atoms with E-state index in [9.17, 15) is 10.1 Å². The molecule has 6 nitrogen and oxygen atoms in total. The Morgan fingerprint density at radius 1 is 1.61 bits per heavy atom. The maximum atomic E-state index is 11.1. The van der Waals surface area contributed by atoms with Gasteiger partial charge in [-0.1, -0.05) is 6.92 Å². The van der Waals surface area contributed by atoms with E-state index >= 15 is 0 Å². The number of hydrogen-bond donors (Lipinski definition) is 1. The summed E-state index contributed by atoms with van der Waals surface area (Å²) in [5.74, 6) is 3.02. The van der Waals surface area contributed by atoms with Crippen LogP contribution in [0.3, 0.4) is 0 Å². The molecule has 0 aromatic carbocycles. The van der Waals surface area contributed by atoms with Crippen molar-refractivity contribution in [3.63, 3.8) is 0 Å². The number of hydrogen-bond acceptors (Lipinski definition) is 4. The van der Waals surface area contributed by atoms with E-state index in [1.807, 2.05) is 13.8 Å². The van der Waals surface area contributed by atoms with Crippen LogP contribution in [-0.2, 0) is 6.54 Å². The Morgan fingerprint density at radius 2 is 2.28 bits per heavy atom. The Hall–Kier alpha value is -2.03. The van der Waals surface area contributed by atoms with Crippen molar-refractivity contribution in [1.29, 1.82) is 0 Å². The van der Waals surface area contributed by atoms with Crippen LogP contribution in [-0.4, -0.2) is 20.7 Å². The average Bonchev–Trinajstić information content (AvgIpc) is 2.64. The summed E-state index contributed by atoms with van der Waals surface area (Å²) in [6.07, 6.45) is 6.62. The normalized spacial score (nSPS) is 11.9. The van der Waals surface area contributed by atoms with Gasteiger partial charge >= 0.3 is 5.69 Å². The van der Waals surface area contributed by atoms with Crippen LogP contribution in [0.2, 0.25) is 0 Å². The van der Waals surface area contributed by atoms with Crippen molar-refractivity contribution in [3.05, 3.63) is 15.8 Å². The molecule has 18 heavy (non-hydrogen) atoms. The highest BCUT2D eigenvalue weighted by atomic mass is 16.6. The smallest absolute Gasteiger partial charge is 0.333 e. The average molecular weight is 250 g/mol. The lowest BCUT2D eigenvalue weighted by Crippen LogP contribution is -2.20. The molecule has 0 bridgehead atoms. The third-order valence-electron chi connectivity index (χ3n) is 2.78. The van der Waals surface area contributed by atoms with Crippen molar-refractivity contribution < 1.29 is 4.92 Å². The van der Waals surface area contributed by atoms with Gasteiger partial charge in [-0.3, -0.25) is 10.1 Å². The monoisotopic (exact) mass is 250 g/mol. The third kappa shape index (κ3) is 2.80. The number of nitrogens with one attached hydrogen (secondary N) is 1. The highest BCUT2D eigenvalue weighted by Gasteiger charge is 2.26. The molecule has 98 valence electrons. The van der Waals surface area contributed by atoms with Gasteiger partial charge in [0.15, 0.2) is 0 Å². The van der Waals surface area contributed by atoms with Gasteiger partial charge in [0.25, 0.3) is 0 Å². The van der Waals surface area contributed by atoms with Gasteiger partial charge in [0.05, 0.1) is 4.92 Å². The number of nitro groups is 1. The second kappa shape index (κ2) is 6.05. The first-order valence-corrected chi connectivity index (χ1v) is 5.96. The number of anilines is 1. The van der Waals surface area contributed by atoms with Gasteiger partial charge in [-0.05, 0) is 20.3 Å². The largest absolute Gasteiger partial charge is 0.361 e. The van der Waals surface area contributed by atoms with E-state index in [2.05, 4.69) is 16.3 Å². The van der Waals surface area contributed by atoms with E-state index in [1.54, 1.807) is 11.6 Å². The number of aryl methyl sites for hydroxylation is 2. The summed E-state index contributed by atoms with van der Waals surface area (Å²) in [7, 11) is 0. The lowest BCUT2D eigenvalue weighted by Gasteiger charge is -2.15. The second-order valence-corrected chi connectivity index (χ2v) is 4.01. The zero-order valence-electron chi connectivity index (χ0n) is 10.9. The van der Waals surface area contributed by atoms with Gasteiger partial charge in [-0.2, -0.15) is 5.10 Å². The molecule has 0 amide bonds. The highest BCUT2D eigenvalue weighted by Crippen LogP contribution is 2.29. The first kappa shape index (κ1) is 14.0. The first-order valence-electron chi connectivity index (χ1n) is 5.96. The topological polar surface area (TPSA) is 73.0 Å². The highest BCUT2D eigenvalue weighted by molar-refractivity contribution is 5.60. The maximum Gasteiger partial charge on any atom is 0.333 e. The van der Waals surface area contributed by atoms with Crippen LogP contribution in [0.25, 0.3) is 0 Å². The van der Waals surface area contributed by atoms with Gasteiger partial charge in [-0.25, -0.2) is 4.68 Å². The summed E-state index contributed by atoms with van der Waals surface area (Å²) in [5, 5.41) is 18.4. The summed E-state index contributed by atoms with van der Waals surface area (Å²) in [6, 6.07) is 0.0232. The van der Waals surface area contributed by atoms with Crippen LogP contribution < -0.4 is 5.32 Å². The molecule has 0 aliphatic carbocycles. The Bertz CT molecular complexity index is 473. The van der Waals surface area contributed by atoms with E-state index in [4.69, 9.17) is 6.42 Å². The minimum Gasteiger partial charge on any atom is -0.361 e. The molecule has 0 spiro atoms. The van der Waals surface area contributed by atoms with E-state index in [-0.39, 0.29) is 11.7 Å². The third-order valence-corrected chi connectivity index (χ3v) is 2.78. The fourth-order valence-electron chi connectivity index (χ4n) is 1.80. The molecule has 1 rings (SSSR count). The molecular weight excluding hydrogens is 232 g/mol. The van der Waals surface area contributed by atoms with Gasteiger partial charge in [0.1, 0.15) is 5.69 Å². The number of aromatic nitrogens is 2. The molecule has 0 aliphatic rings. The summed E-state index contributed by atoms with van der Waals surface area (Å²) >= 11 is 0. The fraction of sp³-hybridized carbons (Fsp3) is 0.583. The summed E-state index contributed by atoms with van der Waals surface area (Å²) in [5.41, 5.74) is 0.451. The number of nitrogens with zero attached hydrogens (tertiary/aromatic N) is 3. The van der Waals surface area contributed by atoms with Crippen LogP contribution in [0.1, 0.15) is 32.4 Å². The zero-order valence-corrected chi connectivity index (χ0v) is 10.9. The predicted octanol–water partition coefficient (Wildman–Crippen LogP) is 2.33. The van der Waals surface area contributed by atoms with E-state index in [0.717, 1.165) is 6.42 Å². The molecule has 0 saturated carbocycles. The lowest BCUT2D eigenvalue weighted by atomic mass is 10.1. The van der Waals surface area contributed by atoms with E-state index < -0.39 is 4.92 Å². The minimum atomic E-state index is -0.403. The molecule has 0 saturated heterocycles. The molecule has 6 heteroatoms. The molecule has 1 atom stereocenters. The van der Waals surface area contributed by atoms with Crippen molar-refractivity contribution >= 4 is 11.5 Å². The van der Waals surface area contributed by atoms with Gasteiger partial charge in [0, 0.05) is 19.0 Å². The van der Waals surface area contributed by atoms with Crippen molar-refractivity contribution in [1.82, 2.24) is 9.78 Å². The van der Waals surface area contributed by atoms with Crippen molar-refractivity contribution in [2.24, 2.45) is 0 Å². The van der Waals surface area contributed by atoms with Crippen molar-refractivity contribution in [2.75, 3.05) is 5.32 Å². The van der Waals surface area contributed by atoms with Crippen LogP contribution in [0.4, 0.5) is 11.5 Å². The van der Waals surface area contributed by atoms with E-state index in [1.165, 1.54) is 0 Å². The van der Waals surface area contributed by atoms with Crippen LogP contribution in [0.15, 0.2) is 0 Å². The zero-order chi connectivity index (χ0) is 13.7. The molecule has 1 heterocycles. The first-order chi connectivity index (χ1) is 8.54. The second-order valence-electron chi connectivity index (χ2n) is 4.01. The Kier molecular flexibility index (Phi) is 4.72. The van der Waals surface area contributed by atoms with Crippen molar-refractivity contribution in [3.8, 4) is 12.3 Å². The summed E-state index contributed by atoms with van der Waals surface area (Å²) in [6.45, 7) is 6.09. The SMILES string of the molecule is C#CCC(CC)Nc1c([N+](=O)[O-])c(C)nn1CC. The van der Waals surface area contributed by atoms with Gasteiger partial charge < -0.3 is 5.32 Å². The van der Waals surface area contributed by atoms with Crippen LogP contribution >= 0.6 is 0 Å².